The summed E-state index contributed by atoms with van der Waals surface area (Å²) >= 11 is 7.87. The number of halogens is 1. The molecule has 2 aromatic rings. The first-order valence-corrected chi connectivity index (χ1v) is 7.30. The molecular formula is C15H18ClNS. The van der Waals surface area contributed by atoms with Gasteiger partial charge in [-0.3, -0.25) is 0 Å². The molecule has 0 aliphatic heterocycles. The highest BCUT2D eigenvalue weighted by Gasteiger charge is 2.07. The molecule has 1 aromatic heterocycles. The van der Waals surface area contributed by atoms with Crippen LogP contribution in [0.4, 0.5) is 0 Å². The molecule has 0 bridgehead atoms. The molecule has 1 aromatic carbocycles. The third-order valence-electron chi connectivity index (χ3n) is 3.09. The monoisotopic (exact) mass is 279 g/mol. The van der Waals surface area contributed by atoms with Crippen LogP contribution < -0.4 is 5.32 Å². The average Bonchev–Trinajstić information content (AvgIpc) is 2.65. The van der Waals surface area contributed by atoms with Crippen molar-refractivity contribution < 1.29 is 0 Å². The fraction of sp³-hybridized carbons (Fsp3) is 0.333. The Morgan fingerprint density at radius 2 is 2.06 bits per heavy atom. The Hall–Kier alpha value is -0.830. The standard InChI is InChI=1S/C15H18ClNS/c1-10-7-14(12(3)18-10)9-17-11(2)13-5-4-6-15(16)8-13/h4-8,11,17H,9H2,1-3H3/t11-/m1/s1. The third-order valence-corrected chi connectivity index (χ3v) is 4.33. The molecule has 1 N–H and O–H groups in total. The highest BCUT2D eigenvalue weighted by molar-refractivity contribution is 7.12. The predicted octanol–water partition coefficient (Wildman–Crippen LogP) is 4.87. The van der Waals surface area contributed by atoms with Crippen molar-refractivity contribution in [3.8, 4) is 0 Å². The van der Waals surface area contributed by atoms with Gasteiger partial charge in [0.1, 0.15) is 0 Å². The van der Waals surface area contributed by atoms with Crippen LogP contribution in [0.3, 0.4) is 0 Å². The van der Waals surface area contributed by atoms with Crippen LogP contribution in [-0.2, 0) is 6.54 Å². The summed E-state index contributed by atoms with van der Waals surface area (Å²) in [6.07, 6.45) is 0. The summed E-state index contributed by atoms with van der Waals surface area (Å²) in [6, 6.07) is 10.6. The second-order valence-electron chi connectivity index (χ2n) is 4.60. The van der Waals surface area contributed by atoms with Gasteiger partial charge in [0.2, 0.25) is 0 Å². The Labute approximate surface area is 118 Å². The summed E-state index contributed by atoms with van der Waals surface area (Å²) in [7, 11) is 0. The highest BCUT2D eigenvalue weighted by Crippen LogP contribution is 2.22. The zero-order valence-corrected chi connectivity index (χ0v) is 12.5. The average molecular weight is 280 g/mol. The van der Waals surface area contributed by atoms with Crippen LogP contribution in [0.25, 0.3) is 0 Å². The van der Waals surface area contributed by atoms with Gasteiger partial charge in [0, 0.05) is 27.4 Å². The molecule has 2 rings (SSSR count). The van der Waals surface area contributed by atoms with E-state index in [-0.39, 0.29) is 0 Å². The Bertz CT molecular complexity index is 533. The van der Waals surface area contributed by atoms with Gasteiger partial charge >= 0.3 is 0 Å². The minimum absolute atomic E-state index is 0.309. The second kappa shape index (κ2) is 5.87. The summed E-state index contributed by atoms with van der Waals surface area (Å²) in [5, 5.41) is 4.34. The van der Waals surface area contributed by atoms with E-state index in [2.05, 4.69) is 38.2 Å². The molecular weight excluding hydrogens is 262 g/mol. The largest absolute Gasteiger partial charge is 0.306 e. The molecule has 1 nitrogen and oxygen atoms in total. The van der Waals surface area contributed by atoms with Gasteiger partial charge in [0.25, 0.3) is 0 Å². The van der Waals surface area contributed by atoms with Crippen molar-refractivity contribution in [3.63, 3.8) is 0 Å². The normalized spacial score (nSPS) is 12.7. The van der Waals surface area contributed by atoms with Crippen LogP contribution in [-0.4, -0.2) is 0 Å². The smallest absolute Gasteiger partial charge is 0.0409 e. The summed E-state index contributed by atoms with van der Waals surface area (Å²) in [5.41, 5.74) is 2.62. The van der Waals surface area contributed by atoms with Crippen LogP contribution in [0.5, 0.6) is 0 Å². The van der Waals surface area contributed by atoms with Gasteiger partial charge in [-0.2, -0.15) is 0 Å². The summed E-state index contributed by atoms with van der Waals surface area (Å²) in [5.74, 6) is 0. The Morgan fingerprint density at radius 1 is 1.28 bits per heavy atom. The number of rotatable bonds is 4. The van der Waals surface area contributed by atoms with Gasteiger partial charge in [-0.15, -0.1) is 11.3 Å². The molecule has 0 saturated carbocycles. The Morgan fingerprint density at radius 3 is 2.67 bits per heavy atom. The number of hydrogen-bond acceptors (Lipinski definition) is 2. The number of benzene rings is 1. The summed E-state index contributed by atoms with van der Waals surface area (Å²) < 4.78 is 0. The maximum absolute atomic E-state index is 6.01. The van der Waals surface area contributed by atoms with E-state index in [9.17, 15) is 0 Å². The Balaban J connectivity index is 2.00. The molecule has 3 heteroatoms. The van der Waals surface area contributed by atoms with Crippen LogP contribution in [0.1, 0.15) is 33.8 Å². The van der Waals surface area contributed by atoms with Gasteiger partial charge in [-0.05, 0) is 50.1 Å². The second-order valence-corrected chi connectivity index (χ2v) is 6.49. The van der Waals surface area contributed by atoms with Crippen molar-refractivity contribution in [2.75, 3.05) is 0 Å². The molecule has 18 heavy (non-hydrogen) atoms. The van der Waals surface area contributed by atoms with Crippen molar-refractivity contribution in [3.05, 3.63) is 56.2 Å². The lowest BCUT2D eigenvalue weighted by molar-refractivity contribution is 0.574. The molecule has 0 aliphatic carbocycles. The van der Waals surface area contributed by atoms with Crippen molar-refractivity contribution in [2.24, 2.45) is 0 Å². The fourth-order valence-electron chi connectivity index (χ4n) is 2.02. The van der Waals surface area contributed by atoms with Crippen LogP contribution in [0, 0.1) is 13.8 Å². The van der Waals surface area contributed by atoms with E-state index in [1.807, 2.05) is 29.5 Å². The molecule has 0 fully saturated rings. The lowest BCUT2D eigenvalue weighted by Crippen LogP contribution is -2.18. The molecule has 0 amide bonds. The molecule has 1 atom stereocenters. The van der Waals surface area contributed by atoms with Gasteiger partial charge < -0.3 is 5.32 Å². The van der Waals surface area contributed by atoms with Gasteiger partial charge in [0.05, 0.1) is 0 Å². The zero-order valence-electron chi connectivity index (χ0n) is 11.0. The molecule has 0 spiro atoms. The maximum atomic E-state index is 6.01. The van der Waals surface area contributed by atoms with E-state index in [1.54, 1.807) is 0 Å². The summed E-state index contributed by atoms with van der Waals surface area (Å²) in [6.45, 7) is 7.41. The van der Waals surface area contributed by atoms with E-state index in [0.29, 0.717) is 6.04 Å². The van der Waals surface area contributed by atoms with Gasteiger partial charge in [-0.25, -0.2) is 0 Å². The zero-order chi connectivity index (χ0) is 13.1. The van der Waals surface area contributed by atoms with E-state index in [0.717, 1.165) is 11.6 Å². The number of thiophene rings is 1. The first-order valence-electron chi connectivity index (χ1n) is 6.11. The van der Waals surface area contributed by atoms with Gasteiger partial charge in [0.15, 0.2) is 0 Å². The Kier molecular flexibility index (Phi) is 4.44. The molecule has 0 unspecified atom stereocenters. The van der Waals surface area contributed by atoms with Crippen LogP contribution in [0.15, 0.2) is 30.3 Å². The number of hydrogen-bond donors (Lipinski definition) is 1. The van der Waals surface area contributed by atoms with Crippen molar-refractivity contribution >= 4 is 22.9 Å². The SMILES string of the molecule is Cc1cc(CN[C@H](C)c2cccc(Cl)c2)c(C)s1. The fourth-order valence-corrected chi connectivity index (χ4v) is 3.16. The minimum atomic E-state index is 0.309. The summed E-state index contributed by atoms with van der Waals surface area (Å²) in [4.78, 5) is 2.78. The van der Waals surface area contributed by atoms with E-state index >= 15 is 0 Å². The van der Waals surface area contributed by atoms with Crippen LogP contribution in [0.2, 0.25) is 5.02 Å². The lowest BCUT2D eigenvalue weighted by atomic mass is 10.1. The number of nitrogens with one attached hydrogen (secondary N) is 1. The maximum Gasteiger partial charge on any atom is 0.0409 e. The van der Waals surface area contributed by atoms with Gasteiger partial charge in [-0.1, -0.05) is 23.7 Å². The quantitative estimate of drug-likeness (QED) is 0.842. The van der Waals surface area contributed by atoms with E-state index in [1.165, 1.54) is 20.9 Å². The molecule has 96 valence electrons. The van der Waals surface area contributed by atoms with Crippen molar-refractivity contribution in [2.45, 2.75) is 33.4 Å². The topological polar surface area (TPSA) is 12.0 Å². The van der Waals surface area contributed by atoms with E-state index in [4.69, 9.17) is 11.6 Å². The first-order chi connectivity index (χ1) is 8.56. The molecule has 0 aliphatic rings. The van der Waals surface area contributed by atoms with E-state index < -0.39 is 0 Å². The van der Waals surface area contributed by atoms with Crippen molar-refractivity contribution in [1.82, 2.24) is 5.32 Å². The first kappa shape index (κ1) is 13.6. The number of aryl methyl sites for hydroxylation is 2. The van der Waals surface area contributed by atoms with Crippen LogP contribution >= 0.6 is 22.9 Å². The lowest BCUT2D eigenvalue weighted by Gasteiger charge is -2.14. The highest BCUT2D eigenvalue weighted by atomic mass is 35.5. The minimum Gasteiger partial charge on any atom is -0.306 e. The molecule has 0 saturated heterocycles. The van der Waals surface area contributed by atoms with Crippen molar-refractivity contribution in [1.29, 1.82) is 0 Å². The predicted molar refractivity (Wildman–Crippen MR) is 80.5 cm³/mol. The molecule has 0 radical (unpaired) electrons. The molecule has 1 heterocycles. The third kappa shape index (κ3) is 3.35.